The molecule has 5 heteroatoms. The van der Waals surface area contributed by atoms with Gasteiger partial charge in [-0.15, -0.1) is 0 Å². The first-order chi connectivity index (χ1) is 9.53. The first-order valence-corrected chi connectivity index (χ1v) is 7.79. The molecule has 3 rings (SSSR count). The van der Waals surface area contributed by atoms with E-state index in [1.54, 1.807) is 6.92 Å². The van der Waals surface area contributed by atoms with E-state index in [1.807, 2.05) is 4.90 Å². The van der Waals surface area contributed by atoms with E-state index in [4.69, 9.17) is 0 Å². The van der Waals surface area contributed by atoms with E-state index in [-0.39, 0.29) is 11.4 Å². The largest absolute Gasteiger partial charge is 0.343 e. The van der Waals surface area contributed by atoms with E-state index in [2.05, 4.69) is 16.8 Å². The van der Waals surface area contributed by atoms with Crippen LogP contribution in [0.3, 0.4) is 0 Å². The van der Waals surface area contributed by atoms with E-state index in [0.717, 1.165) is 38.4 Å². The maximum absolute atomic E-state index is 12.9. The molecule has 2 heterocycles. The molecule has 0 unspecified atom stereocenters. The summed E-state index contributed by atoms with van der Waals surface area (Å²) in [7, 11) is 2.07. The van der Waals surface area contributed by atoms with E-state index in [0.29, 0.717) is 19.0 Å². The molecule has 1 spiro atoms. The van der Waals surface area contributed by atoms with Gasteiger partial charge in [0.2, 0.25) is 11.8 Å². The van der Waals surface area contributed by atoms with Crippen LogP contribution < -0.4 is 0 Å². The Morgan fingerprint density at radius 1 is 1.20 bits per heavy atom. The molecule has 112 valence electrons. The topological polar surface area (TPSA) is 43.9 Å². The second kappa shape index (κ2) is 5.02. The Hall–Kier alpha value is -1.10. The number of rotatable bonds is 2. The van der Waals surface area contributed by atoms with Crippen molar-refractivity contribution in [3.8, 4) is 0 Å². The molecule has 5 nitrogen and oxygen atoms in total. The molecule has 3 fully saturated rings. The second-order valence-corrected chi connectivity index (χ2v) is 6.65. The number of amides is 2. The summed E-state index contributed by atoms with van der Waals surface area (Å²) in [5.41, 5.74) is -0.348. The number of hydrogen-bond donors (Lipinski definition) is 0. The Bertz CT molecular complexity index is 411. The molecular weight excluding hydrogens is 254 g/mol. The number of likely N-dealkylation sites (tertiary alicyclic amines) is 1. The van der Waals surface area contributed by atoms with Crippen LogP contribution in [0, 0.1) is 5.92 Å². The van der Waals surface area contributed by atoms with Gasteiger partial charge >= 0.3 is 0 Å². The molecule has 0 aromatic carbocycles. The lowest BCUT2D eigenvalue weighted by Crippen LogP contribution is -2.68. The standard InChI is InChI=1S/C15H25N3O2/c1-12(19)17-7-5-15(6-8-17)14(20)18(10-9-16(15)2)11-13-3-4-13/h13H,3-11H2,1-2H3. The van der Waals surface area contributed by atoms with Crippen molar-refractivity contribution in [1.82, 2.24) is 14.7 Å². The van der Waals surface area contributed by atoms with Crippen molar-refractivity contribution in [1.29, 1.82) is 0 Å². The van der Waals surface area contributed by atoms with Crippen molar-refractivity contribution >= 4 is 11.8 Å². The fourth-order valence-corrected chi connectivity index (χ4v) is 3.62. The van der Waals surface area contributed by atoms with Crippen LogP contribution in [-0.4, -0.2) is 71.8 Å². The highest BCUT2D eigenvalue weighted by Gasteiger charge is 2.50. The lowest BCUT2D eigenvalue weighted by molar-refractivity contribution is -0.156. The minimum atomic E-state index is -0.348. The number of hydrogen-bond acceptors (Lipinski definition) is 3. The van der Waals surface area contributed by atoms with Crippen LogP contribution in [-0.2, 0) is 9.59 Å². The van der Waals surface area contributed by atoms with E-state index < -0.39 is 0 Å². The molecule has 0 N–H and O–H groups in total. The molecule has 2 aliphatic heterocycles. The Labute approximate surface area is 120 Å². The number of likely N-dealkylation sites (N-methyl/N-ethyl adjacent to an activating group) is 1. The number of piperazine rings is 1. The maximum atomic E-state index is 12.9. The molecule has 0 aromatic heterocycles. The Balaban J connectivity index is 1.72. The molecule has 1 saturated carbocycles. The molecule has 0 aromatic rings. The highest BCUT2D eigenvalue weighted by atomic mass is 16.2. The number of carbonyl (C=O) groups excluding carboxylic acids is 2. The lowest BCUT2D eigenvalue weighted by Gasteiger charge is -2.51. The summed E-state index contributed by atoms with van der Waals surface area (Å²) in [6.45, 7) is 5.81. The monoisotopic (exact) mass is 279 g/mol. The number of nitrogens with zero attached hydrogens (tertiary/aromatic N) is 3. The highest BCUT2D eigenvalue weighted by molar-refractivity contribution is 5.87. The highest BCUT2D eigenvalue weighted by Crippen LogP contribution is 2.36. The predicted molar refractivity (Wildman–Crippen MR) is 76.2 cm³/mol. The van der Waals surface area contributed by atoms with Crippen LogP contribution in [0.15, 0.2) is 0 Å². The first-order valence-electron chi connectivity index (χ1n) is 7.79. The van der Waals surface area contributed by atoms with Gasteiger partial charge in [0.15, 0.2) is 0 Å². The Kier molecular flexibility index (Phi) is 3.48. The second-order valence-electron chi connectivity index (χ2n) is 6.65. The smallest absolute Gasteiger partial charge is 0.243 e. The zero-order valence-corrected chi connectivity index (χ0v) is 12.6. The van der Waals surface area contributed by atoms with Gasteiger partial charge < -0.3 is 9.80 Å². The third-order valence-corrected chi connectivity index (χ3v) is 5.33. The quantitative estimate of drug-likeness (QED) is 0.741. The van der Waals surface area contributed by atoms with Crippen LogP contribution in [0.2, 0.25) is 0 Å². The van der Waals surface area contributed by atoms with Crippen LogP contribution in [0.4, 0.5) is 0 Å². The zero-order chi connectivity index (χ0) is 14.3. The van der Waals surface area contributed by atoms with Gasteiger partial charge in [0.25, 0.3) is 0 Å². The van der Waals surface area contributed by atoms with E-state index in [9.17, 15) is 9.59 Å². The molecule has 1 aliphatic carbocycles. The van der Waals surface area contributed by atoms with Gasteiger partial charge in [0.1, 0.15) is 5.54 Å². The van der Waals surface area contributed by atoms with Crippen molar-refractivity contribution in [2.75, 3.05) is 39.8 Å². The molecule has 20 heavy (non-hydrogen) atoms. The van der Waals surface area contributed by atoms with Gasteiger partial charge in [-0.1, -0.05) is 0 Å². The van der Waals surface area contributed by atoms with Gasteiger partial charge in [0, 0.05) is 39.6 Å². The lowest BCUT2D eigenvalue weighted by atomic mass is 9.82. The average Bonchev–Trinajstić information content (AvgIpc) is 3.24. The summed E-state index contributed by atoms with van der Waals surface area (Å²) in [4.78, 5) is 30.6. The summed E-state index contributed by atoms with van der Waals surface area (Å²) >= 11 is 0. The van der Waals surface area contributed by atoms with E-state index >= 15 is 0 Å². The Morgan fingerprint density at radius 2 is 1.85 bits per heavy atom. The normalized spacial score (nSPS) is 27.2. The summed E-state index contributed by atoms with van der Waals surface area (Å²) in [5.74, 6) is 1.18. The summed E-state index contributed by atoms with van der Waals surface area (Å²) in [5, 5.41) is 0. The number of piperidine rings is 1. The molecule has 2 amide bonds. The predicted octanol–water partition coefficient (Wildman–Crippen LogP) is 0.552. The SMILES string of the molecule is CC(=O)N1CCC2(CC1)C(=O)N(CC1CC1)CCN2C. The van der Waals surface area contributed by atoms with Crippen LogP contribution >= 0.6 is 0 Å². The molecule has 0 radical (unpaired) electrons. The summed E-state index contributed by atoms with van der Waals surface area (Å²) in [6, 6.07) is 0. The third-order valence-electron chi connectivity index (χ3n) is 5.33. The third kappa shape index (κ3) is 2.32. The van der Waals surface area contributed by atoms with Gasteiger partial charge in [-0.25, -0.2) is 0 Å². The van der Waals surface area contributed by atoms with Crippen molar-refractivity contribution in [3.05, 3.63) is 0 Å². The van der Waals surface area contributed by atoms with Crippen LogP contribution in [0.5, 0.6) is 0 Å². The van der Waals surface area contributed by atoms with Crippen molar-refractivity contribution in [3.63, 3.8) is 0 Å². The minimum Gasteiger partial charge on any atom is -0.343 e. The first kappa shape index (κ1) is 13.9. The van der Waals surface area contributed by atoms with Gasteiger partial charge in [-0.05, 0) is 38.6 Å². The fraction of sp³-hybridized carbons (Fsp3) is 0.867. The van der Waals surface area contributed by atoms with E-state index in [1.165, 1.54) is 12.8 Å². The zero-order valence-electron chi connectivity index (χ0n) is 12.6. The van der Waals surface area contributed by atoms with Crippen molar-refractivity contribution in [2.45, 2.75) is 38.1 Å². The summed E-state index contributed by atoms with van der Waals surface area (Å²) < 4.78 is 0. The summed E-state index contributed by atoms with van der Waals surface area (Å²) in [6.07, 6.45) is 4.13. The van der Waals surface area contributed by atoms with Gasteiger partial charge in [-0.3, -0.25) is 14.5 Å². The fourth-order valence-electron chi connectivity index (χ4n) is 3.62. The minimum absolute atomic E-state index is 0.126. The molecule has 0 atom stereocenters. The molecule has 0 bridgehead atoms. The molecule has 3 aliphatic rings. The molecule has 2 saturated heterocycles. The van der Waals surface area contributed by atoms with Crippen molar-refractivity contribution < 1.29 is 9.59 Å². The van der Waals surface area contributed by atoms with Gasteiger partial charge in [0.05, 0.1) is 0 Å². The van der Waals surface area contributed by atoms with Crippen LogP contribution in [0.25, 0.3) is 0 Å². The van der Waals surface area contributed by atoms with Gasteiger partial charge in [-0.2, -0.15) is 0 Å². The average molecular weight is 279 g/mol. The maximum Gasteiger partial charge on any atom is 0.243 e. The number of carbonyl (C=O) groups is 2. The molecular formula is C15H25N3O2. The Morgan fingerprint density at radius 3 is 2.40 bits per heavy atom. The van der Waals surface area contributed by atoms with Crippen molar-refractivity contribution in [2.24, 2.45) is 5.92 Å². The van der Waals surface area contributed by atoms with Crippen LogP contribution in [0.1, 0.15) is 32.6 Å².